The lowest BCUT2D eigenvalue weighted by molar-refractivity contribution is -0.146. The summed E-state index contributed by atoms with van der Waals surface area (Å²) in [6.45, 7) is 8.81. The van der Waals surface area contributed by atoms with Crippen molar-refractivity contribution in [1.29, 1.82) is 0 Å². The molecule has 7 nitrogen and oxygen atoms in total. The van der Waals surface area contributed by atoms with Gasteiger partial charge in [-0.2, -0.15) is 0 Å². The second kappa shape index (κ2) is 14.8. The van der Waals surface area contributed by atoms with Gasteiger partial charge in [0.2, 0.25) is 0 Å². The molecule has 8 atom stereocenters. The van der Waals surface area contributed by atoms with Gasteiger partial charge in [0.05, 0.1) is 43.2 Å². The number of fused-ring (bicyclic) bond motifs is 2. The van der Waals surface area contributed by atoms with Crippen LogP contribution in [0, 0.1) is 5.92 Å². The number of hydrogen-bond acceptors (Lipinski definition) is 7. The smallest absolute Gasteiger partial charge is 0.331 e. The number of ether oxygens (including phenoxy) is 3. The van der Waals surface area contributed by atoms with Crippen LogP contribution >= 0.6 is 0 Å². The van der Waals surface area contributed by atoms with E-state index in [0.29, 0.717) is 25.4 Å². The largest absolute Gasteiger partial charge is 0.452 e. The van der Waals surface area contributed by atoms with Crippen LogP contribution in [0.5, 0.6) is 0 Å². The zero-order valence-corrected chi connectivity index (χ0v) is 22.2. The highest BCUT2D eigenvalue weighted by atomic mass is 16.6. The summed E-state index contributed by atoms with van der Waals surface area (Å²) in [6, 6.07) is 0. The molecule has 3 aliphatic heterocycles. The van der Waals surface area contributed by atoms with Gasteiger partial charge in [-0.1, -0.05) is 55.0 Å². The SMILES string of the molecule is C=C1C[C@H](C)C[C@@H]2CC=C[C@@H](CC=CC(=O)O[C@@H](C=C[C@@H]3CC(C)=CCO3)[C@@H](O)CC[C@@H](O)[C@@H](O)C1)O2. The Bertz CT molecular complexity index is 873. The Morgan fingerprint density at radius 3 is 2.57 bits per heavy atom. The molecule has 37 heavy (non-hydrogen) atoms. The zero-order chi connectivity index (χ0) is 26.8. The number of aliphatic hydroxyl groups is 3. The molecule has 206 valence electrons. The van der Waals surface area contributed by atoms with Crippen molar-refractivity contribution in [3.8, 4) is 0 Å². The third kappa shape index (κ3) is 10.3. The van der Waals surface area contributed by atoms with Gasteiger partial charge in [-0.25, -0.2) is 4.79 Å². The Balaban J connectivity index is 1.72. The fourth-order valence-electron chi connectivity index (χ4n) is 5.10. The van der Waals surface area contributed by atoms with Crippen molar-refractivity contribution in [1.82, 2.24) is 0 Å². The number of carbonyl (C=O) groups is 1. The summed E-state index contributed by atoms with van der Waals surface area (Å²) in [5, 5.41) is 31.9. The highest BCUT2D eigenvalue weighted by molar-refractivity contribution is 5.82. The fraction of sp³-hybridized carbons (Fsp3) is 0.633. The van der Waals surface area contributed by atoms with Crippen LogP contribution in [-0.4, -0.2) is 70.6 Å². The number of aliphatic hydroxyl groups excluding tert-OH is 3. The molecule has 0 spiro atoms. The van der Waals surface area contributed by atoms with Crippen LogP contribution in [0.2, 0.25) is 0 Å². The van der Waals surface area contributed by atoms with Crippen LogP contribution < -0.4 is 0 Å². The first kappa shape index (κ1) is 29.5. The first-order valence-corrected chi connectivity index (χ1v) is 13.5. The van der Waals surface area contributed by atoms with E-state index in [1.165, 1.54) is 11.6 Å². The second-order valence-electron chi connectivity index (χ2n) is 10.8. The first-order valence-electron chi connectivity index (χ1n) is 13.5. The highest BCUT2D eigenvalue weighted by Gasteiger charge is 2.26. The average Bonchev–Trinajstić information content (AvgIpc) is 2.84. The predicted molar refractivity (Wildman–Crippen MR) is 143 cm³/mol. The summed E-state index contributed by atoms with van der Waals surface area (Å²) >= 11 is 0. The normalized spacial score (nSPS) is 37.4. The highest BCUT2D eigenvalue weighted by Crippen LogP contribution is 2.26. The molecule has 0 fully saturated rings. The monoisotopic (exact) mass is 516 g/mol. The van der Waals surface area contributed by atoms with Crippen molar-refractivity contribution >= 4 is 5.97 Å². The van der Waals surface area contributed by atoms with E-state index < -0.39 is 30.4 Å². The van der Waals surface area contributed by atoms with Crippen molar-refractivity contribution in [2.24, 2.45) is 5.92 Å². The van der Waals surface area contributed by atoms with E-state index >= 15 is 0 Å². The lowest BCUT2D eigenvalue weighted by Gasteiger charge is -2.28. The minimum absolute atomic E-state index is 0.0842. The summed E-state index contributed by atoms with van der Waals surface area (Å²) < 4.78 is 17.5. The van der Waals surface area contributed by atoms with E-state index in [1.807, 2.05) is 25.2 Å². The molecular formula is C30H44O7. The lowest BCUT2D eigenvalue weighted by Crippen LogP contribution is -2.33. The summed E-state index contributed by atoms with van der Waals surface area (Å²) in [5.41, 5.74) is 2.10. The minimum atomic E-state index is -1.05. The zero-order valence-electron chi connectivity index (χ0n) is 22.2. The van der Waals surface area contributed by atoms with E-state index in [2.05, 4.69) is 19.6 Å². The van der Waals surface area contributed by atoms with Gasteiger partial charge in [-0.15, -0.1) is 0 Å². The van der Waals surface area contributed by atoms with Crippen molar-refractivity contribution < 1.29 is 34.3 Å². The molecule has 0 aromatic rings. The quantitative estimate of drug-likeness (QED) is 0.375. The van der Waals surface area contributed by atoms with E-state index in [1.54, 1.807) is 12.2 Å². The van der Waals surface area contributed by atoms with Crippen LogP contribution in [0.15, 0.2) is 60.3 Å². The topological polar surface area (TPSA) is 105 Å². The van der Waals surface area contributed by atoms with Crippen LogP contribution in [0.3, 0.4) is 0 Å². The molecule has 0 unspecified atom stereocenters. The summed E-state index contributed by atoms with van der Waals surface area (Å²) in [5.74, 6) is -0.238. The van der Waals surface area contributed by atoms with Gasteiger partial charge < -0.3 is 29.5 Å². The molecule has 7 heteroatoms. The Morgan fingerprint density at radius 2 is 1.78 bits per heavy atom. The van der Waals surface area contributed by atoms with E-state index in [-0.39, 0.29) is 31.2 Å². The molecule has 0 amide bonds. The van der Waals surface area contributed by atoms with Crippen LogP contribution in [0.1, 0.15) is 65.2 Å². The molecule has 3 heterocycles. The van der Waals surface area contributed by atoms with E-state index in [9.17, 15) is 20.1 Å². The van der Waals surface area contributed by atoms with Crippen molar-refractivity contribution in [3.63, 3.8) is 0 Å². The molecule has 0 aromatic heterocycles. The van der Waals surface area contributed by atoms with E-state index in [0.717, 1.165) is 31.3 Å². The molecule has 0 aliphatic carbocycles. The number of hydrogen-bond donors (Lipinski definition) is 3. The lowest BCUT2D eigenvalue weighted by atomic mass is 9.90. The third-order valence-electron chi connectivity index (χ3n) is 7.15. The van der Waals surface area contributed by atoms with Crippen LogP contribution in [-0.2, 0) is 19.0 Å². The number of cyclic esters (lactones) is 1. The van der Waals surface area contributed by atoms with Crippen molar-refractivity contribution in [2.75, 3.05) is 6.61 Å². The van der Waals surface area contributed by atoms with Crippen LogP contribution in [0.4, 0.5) is 0 Å². The molecule has 0 saturated heterocycles. The summed E-state index contributed by atoms with van der Waals surface area (Å²) in [6.07, 6.45) is 12.9. The molecule has 0 radical (unpaired) electrons. The van der Waals surface area contributed by atoms with Crippen LogP contribution in [0.25, 0.3) is 0 Å². The maximum Gasteiger partial charge on any atom is 0.331 e. The summed E-state index contributed by atoms with van der Waals surface area (Å²) in [4.78, 5) is 12.6. The predicted octanol–water partition coefficient (Wildman–Crippen LogP) is 4.09. The van der Waals surface area contributed by atoms with Gasteiger partial charge in [0.15, 0.2) is 0 Å². The standard InChI is InChI=1S/C30H44O7/c1-20-14-15-35-24(17-20)10-13-29-27(32)12-11-26(31)28(33)19-22(3)16-21(2)18-25-8-4-6-23(36-25)7-5-9-30(34)37-29/h4-6,9-10,13-14,21,23-29,31-33H,3,7-8,11-12,15-19H2,1-2H3/t21-,23-,24+,25-,26+,27-,28-,29-/m0/s1. The number of esters is 1. The average molecular weight is 517 g/mol. The van der Waals surface area contributed by atoms with Crippen molar-refractivity contribution in [2.45, 2.75) is 108 Å². The van der Waals surface area contributed by atoms with Gasteiger partial charge in [0.25, 0.3) is 0 Å². The van der Waals surface area contributed by atoms with Gasteiger partial charge in [0.1, 0.15) is 6.10 Å². The molecule has 3 N–H and O–H groups in total. The molecule has 3 rings (SSSR count). The Morgan fingerprint density at radius 1 is 1.00 bits per heavy atom. The number of rotatable bonds is 2. The molecule has 0 aromatic carbocycles. The van der Waals surface area contributed by atoms with Gasteiger partial charge in [-0.05, 0) is 70.3 Å². The summed E-state index contributed by atoms with van der Waals surface area (Å²) in [7, 11) is 0. The molecule has 3 aliphatic rings. The maximum atomic E-state index is 12.6. The number of carbonyl (C=O) groups excluding carboxylic acids is 1. The molecular weight excluding hydrogens is 472 g/mol. The van der Waals surface area contributed by atoms with Gasteiger partial charge in [-0.3, -0.25) is 0 Å². The molecule has 0 saturated carbocycles. The molecule has 2 bridgehead atoms. The third-order valence-corrected chi connectivity index (χ3v) is 7.15. The Kier molecular flexibility index (Phi) is 11.8. The van der Waals surface area contributed by atoms with Gasteiger partial charge in [0, 0.05) is 6.08 Å². The Hall–Kier alpha value is -2.03. The van der Waals surface area contributed by atoms with Gasteiger partial charge >= 0.3 is 5.97 Å². The first-order chi connectivity index (χ1) is 17.7. The van der Waals surface area contributed by atoms with E-state index in [4.69, 9.17) is 14.2 Å². The Labute approximate surface area is 221 Å². The fourth-order valence-corrected chi connectivity index (χ4v) is 5.10. The maximum absolute atomic E-state index is 12.6. The van der Waals surface area contributed by atoms with Crippen molar-refractivity contribution in [3.05, 3.63) is 60.3 Å². The minimum Gasteiger partial charge on any atom is -0.452 e. The second-order valence-corrected chi connectivity index (χ2v) is 10.8.